The van der Waals surface area contributed by atoms with E-state index in [-0.39, 0.29) is 6.61 Å². The van der Waals surface area contributed by atoms with Crippen molar-refractivity contribution in [1.82, 2.24) is 0 Å². The molecule has 2 nitrogen and oxygen atoms in total. The Balaban J connectivity index is 1.93. The van der Waals surface area contributed by atoms with Gasteiger partial charge in [-0.2, -0.15) is 0 Å². The van der Waals surface area contributed by atoms with Gasteiger partial charge in [-0.15, -0.1) is 0 Å². The van der Waals surface area contributed by atoms with Crippen molar-refractivity contribution in [3.05, 3.63) is 11.6 Å². The second-order valence-corrected chi connectivity index (χ2v) is 3.99. The number of rotatable bonds is 3. The van der Waals surface area contributed by atoms with Crippen LogP contribution in [0.4, 0.5) is 0 Å². The summed E-state index contributed by atoms with van der Waals surface area (Å²) in [5.74, 6) is 0.681. The molecule has 0 aromatic carbocycles. The van der Waals surface area contributed by atoms with E-state index in [9.17, 15) is 0 Å². The zero-order valence-corrected chi connectivity index (χ0v) is 8.04. The van der Waals surface area contributed by atoms with E-state index in [1.165, 1.54) is 25.7 Å². The Kier molecular flexibility index (Phi) is 3.01. The molecule has 1 unspecified atom stereocenters. The van der Waals surface area contributed by atoms with Crippen LogP contribution < -0.4 is 0 Å². The maximum Gasteiger partial charge on any atom is 0.0701 e. The maximum absolute atomic E-state index is 8.70. The first-order valence-corrected chi connectivity index (χ1v) is 5.33. The summed E-state index contributed by atoms with van der Waals surface area (Å²) >= 11 is 0. The summed E-state index contributed by atoms with van der Waals surface area (Å²) in [5.41, 5.74) is 1.62. The first-order chi connectivity index (χ1) is 6.42. The van der Waals surface area contributed by atoms with Crippen LogP contribution in [0.3, 0.4) is 0 Å². The molecule has 0 bridgehead atoms. The number of allylic oxidation sites excluding steroid dienone is 1. The normalized spacial score (nSPS) is 32.8. The van der Waals surface area contributed by atoms with Crippen LogP contribution in [0, 0.1) is 5.92 Å². The van der Waals surface area contributed by atoms with Crippen LogP contribution in [-0.2, 0) is 4.74 Å². The van der Waals surface area contributed by atoms with Gasteiger partial charge in [0.25, 0.3) is 0 Å². The molecular formula is C11H18O2. The third-order valence-corrected chi connectivity index (χ3v) is 3.19. The molecule has 2 aliphatic carbocycles. The van der Waals surface area contributed by atoms with Crippen molar-refractivity contribution in [3.8, 4) is 0 Å². The molecular weight excluding hydrogens is 164 g/mol. The van der Waals surface area contributed by atoms with Gasteiger partial charge in [0.2, 0.25) is 0 Å². The summed E-state index contributed by atoms with van der Waals surface area (Å²) in [4.78, 5) is 0. The Morgan fingerprint density at radius 2 is 2.38 bits per heavy atom. The fourth-order valence-corrected chi connectivity index (χ4v) is 2.61. The SMILES string of the molecule is OCCO[C@@H]1CCC=C2CCCC21. The fourth-order valence-electron chi connectivity index (χ4n) is 2.61. The molecule has 13 heavy (non-hydrogen) atoms. The molecule has 1 saturated carbocycles. The summed E-state index contributed by atoms with van der Waals surface area (Å²) in [6.45, 7) is 0.663. The highest BCUT2D eigenvalue weighted by Crippen LogP contribution is 2.39. The maximum atomic E-state index is 8.70. The third kappa shape index (κ3) is 1.94. The minimum absolute atomic E-state index is 0.155. The van der Waals surface area contributed by atoms with Crippen LogP contribution in [-0.4, -0.2) is 24.4 Å². The average molecular weight is 182 g/mol. The van der Waals surface area contributed by atoms with E-state index in [1.807, 2.05) is 0 Å². The van der Waals surface area contributed by atoms with Crippen LogP contribution in [0.5, 0.6) is 0 Å². The molecule has 2 atom stereocenters. The van der Waals surface area contributed by atoms with Gasteiger partial charge in [0, 0.05) is 5.92 Å². The lowest BCUT2D eigenvalue weighted by molar-refractivity contribution is -0.00263. The number of fused-ring (bicyclic) bond motifs is 1. The summed E-state index contributed by atoms with van der Waals surface area (Å²) in [5, 5.41) is 8.70. The zero-order chi connectivity index (χ0) is 9.10. The largest absolute Gasteiger partial charge is 0.394 e. The number of aliphatic hydroxyl groups is 1. The summed E-state index contributed by atoms with van der Waals surface area (Å²) in [7, 11) is 0. The van der Waals surface area contributed by atoms with Gasteiger partial charge in [-0.25, -0.2) is 0 Å². The number of hydrogen-bond donors (Lipinski definition) is 1. The van der Waals surface area contributed by atoms with Gasteiger partial charge in [0.05, 0.1) is 19.3 Å². The van der Waals surface area contributed by atoms with Crippen LogP contribution >= 0.6 is 0 Å². The molecule has 0 heterocycles. The molecule has 0 aromatic heterocycles. The van der Waals surface area contributed by atoms with Crippen molar-refractivity contribution in [2.45, 2.75) is 38.2 Å². The second-order valence-electron chi connectivity index (χ2n) is 3.99. The third-order valence-electron chi connectivity index (χ3n) is 3.19. The highest BCUT2D eigenvalue weighted by Gasteiger charge is 2.31. The fraction of sp³-hybridized carbons (Fsp3) is 0.818. The van der Waals surface area contributed by atoms with E-state index in [1.54, 1.807) is 5.57 Å². The Labute approximate surface area is 79.6 Å². The molecule has 0 aliphatic heterocycles. The predicted molar refractivity (Wildman–Crippen MR) is 51.5 cm³/mol. The van der Waals surface area contributed by atoms with Gasteiger partial charge in [0.15, 0.2) is 0 Å². The smallest absolute Gasteiger partial charge is 0.0701 e. The first-order valence-electron chi connectivity index (χ1n) is 5.33. The molecule has 1 fully saturated rings. The second kappa shape index (κ2) is 4.25. The van der Waals surface area contributed by atoms with Crippen molar-refractivity contribution >= 4 is 0 Å². The van der Waals surface area contributed by atoms with Crippen molar-refractivity contribution in [1.29, 1.82) is 0 Å². The zero-order valence-electron chi connectivity index (χ0n) is 8.04. The van der Waals surface area contributed by atoms with Gasteiger partial charge in [0.1, 0.15) is 0 Å². The van der Waals surface area contributed by atoms with E-state index in [4.69, 9.17) is 9.84 Å². The van der Waals surface area contributed by atoms with Crippen molar-refractivity contribution in [2.24, 2.45) is 5.92 Å². The molecule has 74 valence electrons. The minimum atomic E-state index is 0.155. The van der Waals surface area contributed by atoms with Crippen LogP contribution in [0.15, 0.2) is 11.6 Å². The van der Waals surface area contributed by atoms with Crippen LogP contribution in [0.2, 0.25) is 0 Å². The molecule has 2 rings (SSSR count). The van der Waals surface area contributed by atoms with Crippen molar-refractivity contribution < 1.29 is 9.84 Å². The van der Waals surface area contributed by atoms with Crippen LogP contribution in [0.25, 0.3) is 0 Å². The topological polar surface area (TPSA) is 29.5 Å². The highest BCUT2D eigenvalue weighted by molar-refractivity contribution is 5.16. The van der Waals surface area contributed by atoms with E-state index < -0.39 is 0 Å². The van der Waals surface area contributed by atoms with Gasteiger partial charge >= 0.3 is 0 Å². The Morgan fingerprint density at radius 1 is 1.46 bits per heavy atom. The molecule has 0 radical (unpaired) electrons. The lowest BCUT2D eigenvalue weighted by atomic mass is 9.87. The van der Waals surface area contributed by atoms with E-state index in [0.29, 0.717) is 18.6 Å². The lowest BCUT2D eigenvalue weighted by Crippen LogP contribution is -2.26. The van der Waals surface area contributed by atoms with Gasteiger partial charge in [-0.3, -0.25) is 0 Å². The monoisotopic (exact) mass is 182 g/mol. The molecule has 0 saturated heterocycles. The first kappa shape index (κ1) is 9.22. The molecule has 0 spiro atoms. The van der Waals surface area contributed by atoms with E-state index >= 15 is 0 Å². The van der Waals surface area contributed by atoms with Gasteiger partial charge in [-0.05, 0) is 32.1 Å². The summed E-state index contributed by atoms with van der Waals surface area (Å²) in [6, 6.07) is 0. The van der Waals surface area contributed by atoms with Gasteiger partial charge < -0.3 is 9.84 Å². The van der Waals surface area contributed by atoms with E-state index in [0.717, 1.165) is 6.42 Å². The highest BCUT2D eigenvalue weighted by atomic mass is 16.5. The molecule has 1 N–H and O–H groups in total. The van der Waals surface area contributed by atoms with E-state index in [2.05, 4.69) is 6.08 Å². The Morgan fingerprint density at radius 3 is 3.23 bits per heavy atom. The Hall–Kier alpha value is -0.340. The quantitative estimate of drug-likeness (QED) is 0.675. The minimum Gasteiger partial charge on any atom is -0.394 e. The van der Waals surface area contributed by atoms with Crippen LogP contribution in [0.1, 0.15) is 32.1 Å². The average Bonchev–Trinajstić information content (AvgIpc) is 2.62. The molecule has 0 amide bonds. The van der Waals surface area contributed by atoms with Crippen molar-refractivity contribution in [2.75, 3.05) is 13.2 Å². The molecule has 2 heteroatoms. The predicted octanol–water partition coefficient (Wildman–Crippen LogP) is 1.88. The Bertz CT molecular complexity index is 198. The number of ether oxygens (including phenoxy) is 1. The standard InChI is InChI=1S/C11H18O2/c12-7-8-13-11-6-2-4-9-3-1-5-10(9)11/h4,10-12H,1-3,5-8H2/t10?,11-/m1/s1. The molecule has 2 aliphatic rings. The number of aliphatic hydroxyl groups excluding tert-OH is 1. The molecule has 0 aromatic rings. The number of hydrogen-bond acceptors (Lipinski definition) is 2. The lowest BCUT2D eigenvalue weighted by Gasteiger charge is -2.28. The summed E-state index contributed by atoms with van der Waals surface area (Å²) < 4.78 is 5.66. The van der Waals surface area contributed by atoms with Crippen molar-refractivity contribution in [3.63, 3.8) is 0 Å². The van der Waals surface area contributed by atoms with Gasteiger partial charge in [-0.1, -0.05) is 11.6 Å². The summed E-state index contributed by atoms with van der Waals surface area (Å²) in [6.07, 6.45) is 9.02.